The summed E-state index contributed by atoms with van der Waals surface area (Å²) in [6, 6.07) is 6.42. The molecule has 0 radical (unpaired) electrons. The van der Waals surface area contributed by atoms with E-state index in [1.807, 2.05) is 0 Å². The fraction of sp³-hybridized carbons (Fsp3) is 0.375. The van der Waals surface area contributed by atoms with Crippen molar-refractivity contribution in [1.82, 2.24) is 20.4 Å². The fourth-order valence-corrected chi connectivity index (χ4v) is 3.03. The lowest BCUT2D eigenvalue weighted by Crippen LogP contribution is -2.28. The minimum absolute atomic E-state index is 0.0843. The average Bonchev–Trinajstić information content (AvgIpc) is 2.67. The van der Waals surface area contributed by atoms with Crippen molar-refractivity contribution in [3.8, 4) is 0 Å². The molecule has 2 amide bonds. The third-order valence-electron chi connectivity index (χ3n) is 3.59. The molecule has 0 spiro atoms. The Balaban J connectivity index is 1.68. The Bertz CT molecular complexity index is 710. The second kappa shape index (κ2) is 10.4. The van der Waals surface area contributed by atoms with Crippen molar-refractivity contribution >= 4 is 58.4 Å². The summed E-state index contributed by atoms with van der Waals surface area (Å²) in [6.07, 6.45) is 0.663. The van der Waals surface area contributed by atoms with Gasteiger partial charge in [0.25, 0.3) is 0 Å². The van der Waals surface area contributed by atoms with E-state index >= 15 is 0 Å². The van der Waals surface area contributed by atoms with Gasteiger partial charge in [0.1, 0.15) is 0 Å². The minimum atomic E-state index is -0.0843. The molecule has 0 saturated carbocycles. The Hall–Kier alpha value is -1.97. The maximum atomic E-state index is 12.2. The molecule has 0 aliphatic carbocycles. The van der Waals surface area contributed by atoms with Crippen molar-refractivity contribution in [2.75, 3.05) is 35.4 Å². The summed E-state index contributed by atoms with van der Waals surface area (Å²) in [5.41, 5.74) is 0. The number of nitrogens with zero attached hydrogens (tertiary/aromatic N) is 6. The normalized spacial score (nSPS) is 10.5. The predicted octanol–water partition coefficient (Wildman–Crippen LogP) is 2.71. The molecular weight excluding hydrogens is 411 g/mol. The second-order valence-electron chi connectivity index (χ2n) is 5.45. The number of thioether (sulfide) groups is 1. The highest BCUT2D eigenvalue weighted by molar-refractivity contribution is 7.99. The second-order valence-corrected chi connectivity index (χ2v) is 7.45. The molecule has 0 unspecified atom stereocenters. The van der Waals surface area contributed by atoms with Gasteiger partial charge in [-0.15, -0.1) is 20.4 Å². The molecule has 0 aliphatic heterocycles. The van der Waals surface area contributed by atoms with E-state index in [9.17, 15) is 9.59 Å². The fourth-order valence-electron chi connectivity index (χ4n) is 1.99. The summed E-state index contributed by atoms with van der Waals surface area (Å²) >= 11 is 12.9. The highest BCUT2D eigenvalue weighted by Crippen LogP contribution is 2.15. The highest BCUT2D eigenvalue weighted by atomic mass is 35.5. The van der Waals surface area contributed by atoms with Gasteiger partial charge in [0.15, 0.2) is 21.9 Å². The molecule has 27 heavy (non-hydrogen) atoms. The third kappa shape index (κ3) is 6.60. The first kappa shape index (κ1) is 21.3. The van der Waals surface area contributed by atoms with Gasteiger partial charge in [0.2, 0.25) is 11.8 Å². The standard InChI is InChI=1S/C16H18Cl2N6O2S/c1-23(13-5-3-11(17)19-21-13)15(25)7-9-27-10-8-16(26)24(2)14-6-4-12(18)20-22-14/h3-6H,7-10H2,1-2H3. The zero-order chi connectivity index (χ0) is 19.8. The predicted molar refractivity (Wildman–Crippen MR) is 107 cm³/mol. The van der Waals surface area contributed by atoms with Gasteiger partial charge in [0.05, 0.1) is 0 Å². The van der Waals surface area contributed by atoms with E-state index in [1.165, 1.54) is 21.6 Å². The number of carbonyl (C=O) groups excluding carboxylic acids is 2. The zero-order valence-corrected chi connectivity index (χ0v) is 17.1. The summed E-state index contributed by atoms with van der Waals surface area (Å²) < 4.78 is 0. The van der Waals surface area contributed by atoms with Crippen LogP contribution >= 0.6 is 35.0 Å². The zero-order valence-electron chi connectivity index (χ0n) is 14.8. The van der Waals surface area contributed by atoms with Crippen molar-refractivity contribution < 1.29 is 9.59 Å². The Morgan fingerprint density at radius 2 is 1.22 bits per heavy atom. The molecule has 0 atom stereocenters. The van der Waals surface area contributed by atoms with E-state index in [-0.39, 0.29) is 22.1 Å². The lowest BCUT2D eigenvalue weighted by atomic mass is 10.4. The summed E-state index contributed by atoms with van der Waals surface area (Å²) in [5, 5.41) is 15.7. The van der Waals surface area contributed by atoms with E-state index in [2.05, 4.69) is 20.4 Å². The Kier molecular flexibility index (Phi) is 8.21. The van der Waals surface area contributed by atoms with Crippen LogP contribution in [0.3, 0.4) is 0 Å². The highest BCUT2D eigenvalue weighted by Gasteiger charge is 2.14. The summed E-state index contributed by atoms with van der Waals surface area (Å²) in [4.78, 5) is 27.2. The van der Waals surface area contributed by atoms with Crippen LogP contribution in [0.25, 0.3) is 0 Å². The van der Waals surface area contributed by atoms with E-state index in [1.54, 1.807) is 38.4 Å². The van der Waals surface area contributed by atoms with Crippen LogP contribution in [0.5, 0.6) is 0 Å². The average molecular weight is 429 g/mol. The SMILES string of the molecule is CN(C(=O)CCSCCC(=O)N(C)c1ccc(Cl)nn1)c1ccc(Cl)nn1. The molecule has 11 heteroatoms. The molecular formula is C16H18Cl2N6O2S. The number of hydrogen-bond donors (Lipinski definition) is 0. The number of anilines is 2. The van der Waals surface area contributed by atoms with Crippen molar-refractivity contribution in [2.45, 2.75) is 12.8 Å². The summed E-state index contributed by atoms with van der Waals surface area (Å²) in [7, 11) is 3.27. The lowest BCUT2D eigenvalue weighted by molar-refractivity contribution is -0.118. The van der Waals surface area contributed by atoms with Gasteiger partial charge in [-0.1, -0.05) is 23.2 Å². The van der Waals surface area contributed by atoms with Crippen LogP contribution in [0.2, 0.25) is 10.3 Å². The smallest absolute Gasteiger partial charge is 0.228 e. The van der Waals surface area contributed by atoms with Crippen LogP contribution in [0, 0.1) is 0 Å². The van der Waals surface area contributed by atoms with Gasteiger partial charge in [-0.3, -0.25) is 19.4 Å². The number of hydrogen-bond acceptors (Lipinski definition) is 7. The monoisotopic (exact) mass is 428 g/mol. The van der Waals surface area contributed by atoms with Crippen LogP contribution in [0.1, 0.15) is 12.8 Å². The van der Waals surface area contributed by atoms with Crippen molar-refractivity contribution in [2.24, 2.45) is 0 Å². The number of carbonyl (C=O) groups is 2. The van der Waals surface area contributed by atoms with Gasteiger partial charge in [-0.2, -0.15) is 11.8 Å². The lowest BCUT2D eigenvalue weighted by Gasteiger charge is -2.16. The first-order chi connectivity index (χ1) is 12.9. The van der Waals surface area contributed by atoms with Crippen LogP contribution in [0.15, 0.2) is 24.3 Å². The van der Waals surface area contributed by atoms with Crippen LogP contribution < -0.4 is 9.80 Å². The molecule has 0 fully saturated rings. The molecule has 0 N–H and O–H groups in total. The molecule has 2 rings (SSSR count). The summed E-state index contributed by atoms with van der Waals surface area (Å²) in [6.45, 7) is 0. The third-order valence-corrected chi connectivity index (χ3v) is 4.98. The maximum Gasteiger partial charge on any atom is 0.228 e. The quantitative estimate of drug-likeness (QED) is 0.596. The number of halogens is 2. The molecule has 2 heterocycles. The molecule has 8 nitrogen and oxygen atoms in total. The van der Waals surface area contributed by atoms with Gasteiger partial charge in [-0.25, -0.2) is 0 Å². The number of rotatable bonds is 8. The Labute approximate surface area is 171 Å². The van der Waals surface area contributed by atoms with Crippen molar-refractivity contribution in [3.63, 3.8) is 0 Å². The molecule has 144 valence electrons. The van der Waals surface area contributed by atoms with Gasteiger partial charge >= 0.3 is 0 Å². The molecule has 0 bridgehead atoms. The van der Waals surface area contributed by atoms with Crippen molar-refractivity contribution in [1.29, 1.82) is 0 Å². The molecule has 0 aliphatic rings. The Morgan fingerprint density at radius 3 is 1.56 bits per heavy atom. The van der Waals surface area contributed by atoms with Gasteiger partial charge < -0.3 is 0 Å². The van der Waals surface area contributed by atoms with E-state index in [0.717, 1.165) is 0 Å². The van der Waals surface area contributed by atoms with Crippen LogP contribution in [-0.2, 0) is 9.59 Å². The molecule has 2 aromatic heterocycles. The van der Waals surface area contributed by atoms with Crippen LogP contribution in [0.4, 0.5) is 11.6 Å². The van der Waals surface area contributed by atoms with E-state index in [4.69, 9.17) is 23.2 Å². The van der Waals surface area contributed by atoms with Crippen molar-refractivity contribution in [3.05, 3.63) is 34.6 Å². The van der Waals surface area contributed by atoms with E-state index in [0.29, 0.717) is 36.0 Å². The van der Waals surface area contributed by atoms with Gasteiger partial charge in [0, 0.05) is 38.4 Å². The van der Waals surface area contributed by atoms with Crippen LogP contribution in [-0.4, -0.2) is 57.8 Å². The molecule has 0 saturated heterocycles. The van der Waals surface area contributed by atoms with E-state index < -0.39 is 0 Å². The van der Waals surface area contributed by atoms with Gasteiger partial charge in [-0.05, 0) is 24.3 Å². The number of amides is 2. The maximum absolute atomic E-state index is 12.2. The first-order valence-electron chi connectivity index (χ1n) is 7.98. The summed E-state index contributed by atoms with van der Waals surface area (Å²) in [5.74, 6) is 1.91. The number of aromatic nitrogens is 4. The Morgan fingerprint density at radius 1 is 0.815 bits per heavy atom. The molecule has 2 aromatic rings. The largest absolute Gasteiger partial charge is 0.298 e. The topological polar surface area (TPSA) is 92.2 Å². The first-order valence-corrected chi connectivity index (χ1v) is 9.89. The molecule has 0 aromatic carbocycles. The minimum Gasteiger partial charge on any atom is -0.298 e.